The highest BCUT2D eigenvalue weighted by Gasteiger charge is 2.39. The van der Waals surface area contributed by atoms with Crippen molar-refractivity contribution in [1.29, 1.82) is 0 Å². The fourth-order valence-electron chi connectivity index (χ4n) is 3.59. The summed E-state index contributed by atoms with van der Waals surface area (Å²) >= 11 is 1.94. The predicted octanol–water partition coefficient (Wildman–Crippen LogP) is 1.74. The molecule has 0 aliphatic carbocycles. The largest absolute Gasteiger partial charge is 0.453 e. The van der Waals surface area contributed by atoms with E-state index in [0.29, 0.717) is 25.4 Å². The van der Waals surface area contributed by atoms with Gasteiger partial charge in [0.2, 0.25) is 10.0 Å². The van der Waals surface area contributed by atoms with Gasteiger partial charge in [-0.2, -0.15) is 11.8 Å². The van der Waals surface area contributed by atoms with Gasteiger partial charge in [0.05, 0.1) is 12.0 Å². The monoisotopic (exact) mass is 429 g/mol. The van der Waals surface area contributed by atoms with E-state index in [-0.39, 0.29) is 10.4 Å². The summed E-state index contributed by atoms with van der Waals surface area (Å²) in [5.74, 6) is 2.15. The van der Waals surface area contributed by atoms with E-state index in [4.69, 9.17) is 4.74 Å². The smallest absolute Gasteiger partial charge is 0.411 e. The van der Waals surface area contributed by atoms with Crippen molar-refractivity contribution in [3.8, 4) is 0 Å². The molecule has 0 radical (unpaired) electrons. The van der Waals surface area contributed by atoms with E-state index in [2.05, 4.69) is 19.7 Å². The quantitative estimate of drug-likeness (QED) is 0.711. The van der Waals surface area contributed by atoms with Crippen molar-refractivity contribution in [3.63, 3.8) is 0 Å². The number of amides is 1. The molecule has 1 aromatic rings. The first-order valence-corrected chi connectivity index (χ1v) is 11.9. The Bertz CT molecular complexity index is 758. The second-order valence-electron chi connectivity index (χ2n) is 6.90. The van der Waals surface area contributed by atoms with Crippen molar-refractivity contribution in [2.75, 3.05) is 56.8 Å². The molecular formula is C18H27N3O5S2. The Morgan fingerprint density at radius 1 is 1.21 bits per heavy atom. The van der Waals surface area contributed by atoms with E-state index in [0.717, 1.165) is 37.4 Å². The summed E-state index contributed by atoms with van der Waals surface area (Å²) in [5.41, 5.74) is 0.274. The highest BCUT2D eigenvalue weighted by Crippen LogP contribution is 2.30. The number of carbonyl (C=O) groups excluding carboxylic acids is 1. The molecule has 0 aromatic heterocycles. The molecule has 1 amide bonds. The van der Waals surface area contributed by atoms with Crippen molar-refractivity contribution in [3.05, 3.63) is 24.3 Å². The topological polar surface area (TPSA) is 97.0 Å². The van der Waals surface area contributed by atoms with Crippen molar-refractivity contribution in [2.45, 2.75) is 23.3 Å². The second kappa shape index (κ2) is 9.45. The summed E-state index contributed by atoms with van der Waals surface area (Å²) in [6.45, 7) is 3.62. The minimum atomic E-state index is -3.65. The Hall–Kier alpha value is -1.33. The normalized spacial score (nSPS) is 20.5. The van der Waals surface area contributed by atoms with Gasteiger partial charge in [-0.1, -0.05) is 0 Å². The lowest BCUT2D eigenvalue weighted by Crippen LogP contribution is -2.60. The first kappa shape index (κ1) is 21.4. The molecule has 2 aliphatic heterocycles. The summed E-state index contributed by atoms with van der Waals surface area (Å²) < 4.78 is 38.5. The maximum Gasteiger partial charge on any atom is 0.411 e. The fraction of sp³-hybridized carbons (Fsp3) is 0.611. The molecule has 0 bridgehead atoms. The van der Waals surface area contributed by atoms with E-state index in [1.165, 1.54) is 31.4 Å². The second-order valence-corrected chi connectivity index (χ2v) is 9.89. The molecule has 0 spiro atoms. The van der Waals surface area contributed by atoms with Crippen molar-refractivity contribution < 1.29 is 22.7 Å². The molecule has 2 heterocycles. The third-order valence-electron chi connectivity index (χ3n) is 5.29. The summed E-state index contributed by atoms with van der Waals surface area (Å²) in [5, 5.41) is 2.50. The van der Waals surface area contributed by atoms with Gasteiger partial charge in [-0.3, -0.25) is 10.2 Å². The molecular weight excluding hydrogens is 402 g/mol. The van der Waals surface area contributed by atoms with Crippen LogP contribution >= 0.6 is 11.8 Å². The van der Waals surface area contributed by atoms with Crippen LogP contribution in [0.15, 0.2) is 29.2 Å². The van der Waals surface area contributed by atoms with Gasteiger partial charge in [0.25, 0.3) is 0 Å². The lowest BCUT2D eigenvalue weighted by atomic mass is 9.88. The maximum absolute atomic E-state index is 12.8. The standard InChI is InChI=1S/C18H27N3O5S2/c1-25-17(22)20-15-2-4-16(5-3-15)28(23,24)19-14-18(6-10-26-11-7-18)21-8-12-27-13-9-21/h2-5,19H,6-14H2,1H3,(H,20,22). The Morgan fingerprint density at radius 2 is 1.86 bits per heavy atom. The minimum Gasteiger partial charge on any atom is -0.453 e. The zero-order valence-corrected chi connectivity index (χ0v) is 17.6. The number of hydrogen-bond acceptors (Lipinski definition) is 7. The molecule has 0 atom stereocenters. The number of nitrogens with one attached hydrogen (secondary N) is 2. The molecule has 8 nitrogen and oxygen atoms in total. The highest BCUT2D eigenvalue weighted by atomic mass is 32.2. The third-order valence-corrected chi connectivity index (χ3v) is 7.65. The van der Waals surface area contributed by atoms with Gasteiger partial charge in [0, 0.05) is 55.6 Å². The van der Waals surface area contributed by atoms with E-state index in [9.17, 15) is 13.2 Å². The number of thioether (sulfide) groups is 1. The number of ether oxygens (including phenoxy) is 2. The maximum atomic E-state index is 12.8. The first-order valence-electron chi connectivity index (χ1n) is 9.30. The number of rotatable bonds is 6. The number of benzene rings is 1. The zero-order valence-electron chi connectivity index (χ0n) is 16.0. The van der Waals surface area contributed by atoms with Crippen LogP contribution in [0, 0.1) is 0 Å². The Kier molecular flexibility index (Phi) is 7.21. The number of anilines is 1. The van der Waals surface area contributed by atoms with Gasteiger partial charge in [-0.25, -0.2) is 17.9 Å². The molecule has 2 N–H and O–H groups in total. The number of sulfonamides is 1. The SMILES string of the molecule is COC(=O)Nc1ccc(S(=O)(=O)NCC2(N3CCSCC3)CCOCC2)cc1. The number of hydrogen-bond donors (Lipinski definition) is 2. The number of methoxy groups -OCH3 is 1. The molecule has 2 aliphatic rings. The number of nitrogens with zero attached hydrogens (tertiary/aromatic N) is 1. The lowest BCUT2D eigenvalue weighted by Gasteiger charge is -2.47. The molecule has 0 unspecified atom stereocenters. The van der Waals surface area contributed by atoms with Crippen LogP contribution in [0.25, 0.3) is 0 Å². The number of carbonyl (C=O) groups is 1. The van der Waals surface area contributed by atoms with Crippen LogP contribution in [0.5, 0.6) is 0 Å². The first-order chi connectivity index (χ1) is 13.5. The molecule has 10 heteroatoms. The van der Waals surface area contributed by atoms with E-state index < -0.39 is 16.1 Å². The summed E-state index contributed by atoms with van der Waals surface area (Å²) in [6.07, 6.45) is 1.04. The zero-order chi connectivity index (χ0) is 20.0. The molecule has 1 aromatic carbocycles. The van der Waals surface area contributed by atoms with E-state index in [1.807, 2.05) is 11.8 Å². The fourth-order valence-corrected chi connectivity index (χ4v) is 5.62. The molecule has 2 fully saturated rings. The van der Waals surface area contributed by atoms with Crippen molar-refractivity contribution >= 4 is 33.6 Å². The van der Waals surface area contributed by atoms with Gasteiger partial charge in [0.15, 0.2) is 0 Å². The van der Waals surface area contributed by atoms with E-state index >= 15 is 0 Å². The molecule has 3 rings (SSSR count). The third kappa shape index (κ3) is 5.18. The van der Waals surface area contributed by atoms with Crippen molar-refractivity contribution in [1.82, 2.24) is 9.62 Å². The Labute approximate surface area is 170 Å². The van der Waals surface area contributed by atoms with Crippen molar-refractivity contribution in [2.24, 2.45) is 0 Å². The molecule has 0 saturated carbocycles. The van der Waals surface area contributed by atoms with Gasteiger partial charge < -0.3 is 9.47 Å². The van der Waals surface area contributed by atoms with Gasteiger partial charge in [-0.15, -0.1) is 0 Å². The van der Waals surface area contributed by atoms with Crippen LogP contribution < -0.4 is 10.0 Å². The van der Waals surface area contributed by atoms with Crippen LogP contribution in [0.4, 0.5) is 10.5 Å². The average Bonchev–Trinajstić information content (AvgIpc) is 2.74. The summed E-state index contributed by atoms with van der Waals surface area (Å²) in [6, 6.07) is 6.03. The lowest BCUT2D eigenvalue weighted by molar-refractivity contribution is -0.0218. The van der Waals surface area contributed by atoms with Crippen LogP contribution in [-0.4, -0.2) is 76.4 Å². The van der Waals surface area contributed by atoms with Crippen LogP contribution in [0.2, 0.25) is 0 Å². The predicted molar refractivity (Wildman–Crippen MR) is 109 cm³/mol. The highest BCUT2D eigenvalue weighted by molar-refractivity contribution is 7.99. The molecule has 156 valence electrons. The molecule has 28 heavy (non-hydrogen) atoms. The Morgan fingerprint density at radius 3 is 2.46 bits per heavy atom. The van der Waals surface area contributed by atoms with Crippen LogP contribution in [0.3, 0.4) is 0 Å². The van der Waals surface area contributed by atoms with Crippen LogP contribution in [-0.2, 0) is 19.5 Å². The minimum absolute atomic E-state index is 0.166. The van der Waals surface area contributed by atoms with Gasteiger partial charge in [-0.05, 0) is 37.1 Å². The Balaban J connectivity index is 1.69. The van der Waals surface area contributed by atoms with Gasteiger partial charge in [0.1, 0.15) is 0 Å². The summed E-state index contributed by atoms with van der Waals surface area (Å²) in [7, 11) is -2.38. The summed E-state index contributed by atoms with van der Waals surface area (Å²) in [4.78, 5) is 13.8. The molecule has 2 saturated heterocycles. The van der Waals surface area contributed by atoms with E-state index in [1.54, 1.807) is 0 Å². The van der Waals surface area contributed by atoms with Crippen LogP contribution in [0.1, 0.15) is 12.8 Å². The van der Waals surface area contributed by atoms with Gasteiger partial charge >= 0.3 is 6.09 Å². The average molecular weight is 430 g/mol.